The Hall–Kier alpha value is -2.41. The molecule has 1 amide bonds. The van der Waals surface area contributed by atoms with Crippen molar-refractivity contribution in [2.45, 2.75) is 45.3 Å². The molecular weight excluding hydrogens is 396 g/mol. The molecule has 0 spiro atoms. The fraction of sp³-hybridized carbons (Fsp3) is 0.478. The minimum atomic E-state index is -0.454. The van der Waals surface area contributed by atoms with Crippen LogP contribution in [0.2, 0.25) is 0 Å². The highest BCUT2D eigenvalue weighted by Crippen LogP contribution is 2.36. The van der Waals surface area contributed by atoms with Gasteiger partial charge < -0.3 is 9.64 Å². The van der Waals surface area contributed by atoms with Crippen LogP contribution in [0.1, 0.15) is 45.2 Å². The number of nitrogens with zero attached hydrogens (tertiary/aromatic N) is 4. The van der Waals surface area contributed by atoms with Gasteiger partial charge in [0.1, 0.15) is 5.60 Å². The third-order valence-electron chi connectivity index (χ3n) is 5.26. The summed E-state index contributed by atoms with van der Waals surface area (Å²) in [6, 6.07) is 10.1. The van der Waals surface area contributed by atoms with Crippen molar-refractivity contribution in [1.29, 1.82) is 0 Å². The average Bonchev–Trinajstić information content (AvgIpc) is 3.24. The van der Waals surface area contributed by atoms with Gasteiger partial charge in [-0.05, 0) is 33.6 Å². The highest BCUT2D eigenvalue weighted by molar-refractivity contribution is 8.14. The van der Waals surface area contributed by atoms with Crippen molar-refractivity contribution >= 4 is 22.9 Å². The highest BCUT2D eigenvalue weighted by Gasteiger charge is 2.32. The van der Waals surface area contributed by atoms with E-state index in [0.717, 1.165) is 48.6 Å². The first-order valence-electron chi connectivity index (χ1n) is 10.4. The zero-order valence-electron chi connectivity index (χ0n) is 17.7. The lowest BCUT2D eigenvalue weighted by Gasteiger charge is -2.33. The quantitative estimate of drug-likeness (QED) is 0.695. The van der Waals surface area contributed by atoms with Gasteiger partial charge >= 0.3 is 6.09 Å². The van der Waals surface area contributed by atoms with Crippen molar-refractivity contribution in [1.82, 2.24) is 14.9 Å². The van der Waals surface area contributed by atoms with Gasteiger partial charge in [0.2, 0.25) is 0 Å². The molecule has 2 aliphatic rings. The predicted molar refractivity (Wildman–Crippen MR) is 121 cm³/mol. The molecule has 1 saturated heterocycles. The number of aliphatic imine (C=N–C) groups is 1. The zero-order chi connectivity index (χ0) is 21.1. The number of hydrogen-bond donors (Lipinski definition) is 0. The minimum Gasteiger partial charge on any atom is -0.444 e. The number of carbonyl (C=O) groups is 1. The Bertz CT molecular complexity index is 901. The third kappa shape index (κ3) is 5.01. The number of amides is 1. The van der Waals surface area contributed by atoms with Crippen molar-refractivity contribution in [3.05, 3.63) is 48.3 Å². The topological polar surface area (TPSA) is 67.7 Å². The largest absolute Gasteiger partial charge is 0.444 e. The van der Waals surface area contributed by atoms with Gasteiger partial charge in [-0.25, -0.2) is 14.8 Å². The van der Waals surface area contributed by atoms with E-state index in [9.17, 15) is 4.79 Å². The SMILES string of the molecule is CC(C)(C)OC(=O)N1CCC(C2=NC(c3cnc(-c4ccccc4)nc3)CS2)CC1. The lowest BCUT2D eigenvalue weighted by molar-refractivity contribution is 0.0202. The molecule has 158 valence electrons. The number of thioether (sulfide) groups is 1. The van der Waals surface area contributed by atoms with Crippen LogP contribution >= 0.6 is 11.8 Å². The number of piperidine rings is 1. The second-order valence-electron chi connectivity index (χ2n) is 8.74. The van der Waals surface area contributed by atoms with E-state index in [1.807, 2.05) is 80.2 Å². The molecular formula is C23H28N4O2S. The molecule has 1 atom stereocenters. The molecule has 30 heavy (non-hydrogen) atoms. The van der Waals surface area contributed by atoms with Gasteiger partial charge in [0, 0.05) is 48.3 Å². The number of benzene rings is 1. The van der Waals surface area contributed by atoms with Gasteiger partial charge in [-0.1, -0.05) is 30.3 Å². The first kappa shape index (κ1) is 20.8. The Labute approximate surface area is 182 Å². The fourth-order valence-corrected chi connectivity index (χ4v) is 4.94. The van der Waals surface area contributed by atoms with Crippen molar-refractivity contribution in [3.8, 4) is 11.4 Å². The second-order valence-corrected chi connectivity index (χ2v) is 9.78. The highest BCUT2D eigenvalue weighted by atomic mass is 32.2. The Morgan fingerprint density at radius 1 is 1.10 bits per heavy atom. The van der Waals surface area contributed by atoms with Crippen LogP contribution in [-0.4, -0.2) is 50.4 Å². The fourth-order valence-electron chi connectivity index (χ4n) is 3.67. The normalized spacial score (nSPS) is 20.2. The first-order valence-corrected chi connectivity index (χ1v) is 11.4. The summed E-state index contributed by atoms with van der Waals surface area (Å²) >= 11 is 1.83. The maximum Gasteiger partial charge on any atom is 0.410 e. The van der Waals surface area contributed by atoms with Gasteiger partial charge in [0.15, 0.2) is 5.82 Å². The van der Waals surface area contributed by atoms with Crippen LogP contribution in [0, 0.1) is 5.92 Å². The van der Waals surface area contributed by atoms with Crippen molar-refractivity contribution in [3.63, 3.8) is 0 Å². The second kappa shape index (κ2) is 8.76. The third-order valence-corrected chi connectivity index (χ3v) is 6.47. The maximum absolute atomic E-state index is 12.3. The maximum atomic E-state index is 12.3. The molecule has 1 aromatic carbocycles. The number of rotatable bonds is 3. The average molecular weight is 425 g/mol. The number of likely N-dealkylation sites (tertiary alicyclic amines) is 1. The molecule has 0 N–H and O–H groups in total. The molecule has 4 rings (SSSR count). The molecule has 0 saturated carbocycles. The molecule has 0 radical (unpaired) electrons. The van der Waals surface area contributed by atoms with Gasteiger partial charge in [-0.3, -0.25) is 4.99 Å². The van der Waals surface area contributed by atoms with Gasteiger partial charge in [-0.2, -0.15) is 0 Å². The number of hydrogen-bond acceptors (Lipinski definition) is 6. The summed E-state index contributed by atoms with van der Waals surface area (Å²) in [6.07, 6.45) is 5.45. The predicted octanol–water partition coefficient (Wildman–Crippen LogP) is 4.98. The van der Waals surface area contributed by atoms with E-state index in [0.29, 0.717) is 5.92 Å². The van der Waals surface area contributed by atoms with E-state index < -0.39 is 5.60 Å². The summed E-state index contributed by atoms with van der Waals surface area (Å²) in [5.74, 6) is 2.09. The standard InChI is InChI=1S/C23H28N4O2S/c1-23(2,3)29-22(28)27-11-9-17(10-12-27)21-26-19(15-30-21)18-13-24-20(25-14-18)16-7-5-4-6-8-16/h4-8,13-14,17,19H,9-12,15H2,1-3H3. The van der Waals surface area contributed by atoms with Crippen molar-refractivity contribution in [2.75, 3.05) is 18.8 Å². The monoisotopic (exact) mass is 424 g/mol. The van der Waals surface area contributed by atoms with Gasteiger partial charge in [0.25, 0.3) is 0 Å². The lowest BCUT2D eigenvalue weighted by atomic mass is 9.98. The number of carbonyl (C=O) groups excluding carboxylic acids is 1. The molecule has 3 heterocycles. The van der Waals surface area contributed by atoms with E-state index in [1.54, 1.807) is 0 Å². The first-order chi connectivity index (χ1) is 14.4. The van der Waals surface area contributed by atoms with Crippen LogP contribution in [0.5, 0.6) is 0 Å². The molecule has 1 unspecified atom stereocenters. The Balaban J connectivity index is 1.35. The smallest absolute Gasteiger partial charge is 0.410 e. The van der Waals surface area contributed by atoms with Crippen LogP contribution in [0.4, 0.5) is 4.79 Å². The summed E-state index contributed by atoms with van der Waals surface area (Å²) < 4.78 is 5.49. The molecule has 7 heteroatoms. The summed E-state index contributed by atoms with van der Waals surface area (Å²) in [4.78, 5) is 28.1. The Kier molecular flexibility index (Phi) is 6.09. The molecule has 2 aromatic rings. The van der Waals surface area contributed by atoms with E-state index in [-0.39, 0.29) is 12.1 Å². The van der Waals surface area contributed by atoms with E-state index in [1.165, 1.54) is 5.04 Å². The van der Waals surface area contributed by atoms with Crippen molar-refractivity contribution < 1.29 is 9.53 Å². The molecule has 1 aromatic heterocycles. The van der Waals surface area contributed by atoms with Crippen LogP contribution < -0.4 is 0 Å². The molecule has 6 nitrogen and oxygen atoms in total. The van der Waals surface area contributed by atoms with E-state index in [4.69, 9.17) is 9.73 Å². The summed E-state index contributed by atoms with van der Waals surface area (Å²) in [5.41, 5.74) is 1.62. The minimum absolute atomic E-state index is 0.110. The molecule has 2 aliphatic heterocycles. The van der Waals surface area contributed by atoms with E-state index in [2.05, 4.69) is 9.97 Å². The summed E-state index contributed by atoms with van der Waals surface area (Å²) in [7, 11) is 0. The number of aromatic nitrogens is 2. The zero-order valence-corrected chi connectivity index (χ0v) is 18.6. The van der Waals surface area contributed by atoms with Gasteiger partial charge in [-0.15, -0.1) is 11.8 Å². The van der Waals surface area contributed by atoms with Crippen LogP contribution in [-0.2, 0) is 4.74 Å². The number of ether oxygens (including phenoxy) is 1. The van der Waals surface area contributed by atoms with Crippen molar-refractivity contribution in [2.24, 2.45) is 10.9 Å². The van der Waals surface area contributed by atoms with Crippen LogP contribution in [0.25, 0.3) is 11.4 Å². The molecule has 0 aliphatic carbocycles. The lowest BCUT2D eigenvalue weighted by Crippen LogP contribution is -2.42. The van der Waals surface area contributed by atoms with Crippen LogP contribution in [0.3, 0.4) is 0 Å². The summed E-state index contributed by atoms with van der Waals surface area (Å²) in [5, 5.41) is 1.20. The molecule has 1 fully saturated rings. The van der Waals surface area contributed by atoms with E-state index >= 15 is 0 Å². The molecule has 0 bridgehead atoms. The van der Waals surface area contributed by atoms with Crippen LogP contribution in [0.15, 0.2) is 47.7 Å². The van der Waals surface area contributed by atoms with Gasteiger partial charge in [0.05, 0.1) is 11.1 Å². The Morgan fingerprint density at radius 3 is 2.40 bits per heavy atom. The summed E-state index contributed by atoms with van der Waals surface area (Å²) in [6.45, 7) is 7.14. The Morgan fingerprint density at radius 2 is 1.77 bits per heavy atom.